The molecule has 2 aromatic carbocycles. The fourth-order valence-corrected chi connectivity index (χ4v) is 5.27. The van der Waals surface area contributed by atoms with Gasteiger partial charge in [-0.05, 0) is 54.8 Å². The molecule has 1 saturated heterocycles. The maximum atomic E-state index is 13.1. The van der Waals surface area contributed by atoms with Crippen molar-refractivity contribution >= 4 is 10.0 Å². The number of hydrogen-bond acceptors (Lipinski definition) is 5. The zero-order valence-electron chi connectivity index (χ0n) is 14.8. The smallest absolute Gasteiger partial charge is 0.243 e. The molecule has 6 nitrogen and oxygen atoms in total. The van der Waals surface area contributed by atoms with Crippen LogP contribution in [0, 0.1) is 11.3 Å². The average Bonchev–Trinajstić information content (AvgIpc) is 3.08. The molecule has 0 radical (unpaired) electrons. The summed E-state index contributed by atoms with van der Waals surface area (Å²) in [5, 5.41) is 8.92. The molecule has 0 N–H and O–H groups in total. The molecular formula is C20H20N2O4S. The van der Waals surface area contributed by atoms with Crippen LogP contribution in [0.3, 0.4) is 0 Å². The van der Waals surface area contributed by atoms with Crippen LogP contribution < -0.4 is 9.47 Å². The van der Waals surface area contributed by atoms with E-state index in [9.17, 15) is 8.42 Å². The SMILES string of the molecule is N#Cc1ccc(S(=O)(=O)N2CCC[C@@H]2c2ccc3c(c2)OCCCO3)cc1. The fraction of sp³-hybridized carbons (Fsp3) is 0.350. The second-order valence-corrected chi connectivity index (χ2v) is 8.56. The van der Waals surface area contributed by atoms with Gasteiger partial charge in [0.05, 0.1) is 35.8 Å². The topological polar surface area (TPSA) is 79.6 Å². The van der Waals surface area contributed by atoms with Crippen molar-refractivity contribution in [2.75, 3.05) is 19.8 Å². The van der Waals surface area contributed by atoms with E-state index in [-0.39, 0.29) is 10.9 Å². The van der Waals surface area contributed by atoms with E-state index in [0.29, 0.717) is 36.8 Å². The van der Waals surface area contributed by atoms with Crippen LogP contribution in [-0.4, -0.2) is 32.5 Å². The van der Waals surface area contributed by atoms with Gasteiger partial charge in [-0.2, -0.15) is 9.57 Å². The van der Waals surface area contributed by atoms with Crippen molar-refractivity contribution in [2.24, 2.45) is 0 Å². The van der Waals surface area contributed by atoms with E-state index in [1.807, 2.05) is 24.3 Å². The molecule has 140 valence electrons. The Kier molecular flexibility index (Phi) is 4.77. The molecule has 27 heavy (non-hydrogen) atoms. The Bertz CT molecular complexity index is 980. The lowest BCUT2D eigenvalue weighted by Gasteiger charge is -2.25. The third kappa shape index (κ3) is 3.38. The Morgan fingerprint density at radius 1 is 1.00 bits per heavy atom. The summed E-state index contributed by atoms with van der Waals surface area (Å²) in [7, 11) is -3.64. The normalized spacial score (nSPS) is 20.0. The van der Waals surface area contributed by atoms with Gasteiger partial charge in [-0.15, -0.1) is 0 Å². The Labute approximate surface area is 159 Å². The molecule has 7 heteroatoms. The molecular weight excluding hydrogens is 364 g/mol. The number of ether oxygens (including phenoxy) is 2. The van der Waals surface area contributed by atoms with E-state index >= 15 is 0 Å². The molecule has 0 amide bonds. The highest BCUT2D eigenvalue weighted by atomic mass is 32.2. The van der Waals surface area contributed by atoms with Gasteiger partial charge in [0.15, 0.2) is 11.5 Å². The largest absolute Gasteiger partial charge is 0.490 e. The van der Waals surface area contributed by atoms with E-state index in [2.05, 4.69) is 0 Å². The molecule has 2 aliphatic rings. The Morgan fingerprint density at radius 2 is 1.74 bits per heavy atom. The van der Waals surface area contributed by atoms with Crippen LogP contribution in [0.5, 0.6) is 11.5 Å². The minimum Gasteiger partial charge on any atom is -0.490 e. The van der Waals surface area contributed by atoms with Crippen molar-refractivity contribution < 1.29 is 17.9 Å². The van der Waals surface area contributed by atoms with Crippen LogP contribution >= 0.6 is 0 Å². The predicted octanol–water partition coefficient (Wildman–Crippen LogP) is 3.25. The second kappa shape index (κ2) is 7.22. The molecule has 0 aliphatic carbocycles. The molecule has 2 aliphatic heterocycles. The summed E-state index contributed by atoms with van der Waals surface area (Å²) in [5.41, 5.74) is 1.35. The third-order valence-electron chi connectivity index (χ3n) is 4.95. The summed E-state index contributed by atoms with van der Waals surface area (Å²) in [5.74, 6) is 1.38. The van der Waals surface area contributed by atoms with E-state index in [0.717, 1.165) is 24.8 Å². The number of rotatable bonds is 3. The Hall–Kier alpha value is -2.56. The van der Waals surface area contributed by atoms with E-state index < -0.39 is 10.0 Å². The summed E-state index contributed by atoms with van der Waals surface area (Å²) in [4.78, 5) is 0.211. The minimum absolute atomic E-state index is 0.211. The molecule has 0 saturated carbocycles. The number of nitriles is 1. The van der Waals surface area contributed by atoms with Crippen molar-refractivity contribution in [3.63, 3.8) is 0 Å². The summed E-state index contributed by atoms with van der Waals surface area (Å²) in [6.45, 7) is 1.69. The van der Waals surface area contributed by atoms with Gasteiger partial charge in [0.2, 0.25) is 10.0 Å². The number of sulfonamides is 1. The molecule has 0 aromatic heterocycles. The number of fused-ring (bicyclic) bond motifs is 1. The van der Waals surface area contributed by atoms with Gasteiger partial charge in [0.25, 0.3) is 0 Å². The maximum absolute atomic E-state index is 13.1. The summed E-state index contributed by atoms with van der Waals surface area (Å²) in [6, 6.07) is 13.5. The molecule has 4 rings (SSSR count). The van der Waals surface area contributed by atoms with Gasteiger partial charge < -0.3 is 9.47 Å². The number of hydrogen-bond donors (Lipinski definition) is 0. The Morgan fingerprint density at radius 3 is 2.48 bits per heavy atom. The monoisotopic (exact) mass is 384 g/mol. The second-order valence-electron chi connectivity index (χ2n) is 6.67. The quantitative estimate of drug-likeness (QED) is 0.812. The van der Waals surface area contributed by atoms with Crippen LogP contribution in [0.2, 0.25) is 0 Å². The van der Waals surface area contributed by atoms with Crippen molar-refractivity contribution in [3.8, 4) is 17.6 Å². The molecule has 0 spiro atoms. The molecule has 1 atom stereocenters. The zero-order chi connectivity index (χ0) is 18.9. The van der Waals surface area contributed by atoms with Gasteiger partial charge >= 0.3 is 0 Å². The third-order valence-corrected chi connectivity index (χ3v) is 6.87. The number of nitrogens with zero attached hydrogens (tertiary/aromatic N) is 2. The van der Waals surface area contributed by atoms with Gasteiger partial charge in [0, 0.05) is 13.0 Å². The lowest BCUT2D eigenvalue weighted by molar-refractivity contribution is 0.296. The van der Waals surface area contributed by atoms with E-state index in [4.69, 9.17) is 14.7 Å². The average molecular weight is 384 g/mol. The van der Waals surface area contributed by atoms with Crippen LogP contribution in [0.4, 0.5) is 0 Å². The van der Waals surface area contributed by atoms with Gasteiger partial charge in [-0.25, -0.2) is 8.42 Å². The van der Waals surface area contributed by atoms with Crippen molar-refractivity contribution in [3.05, 3.63) is 53.6 Å². The Balaban J connectivity index is 1.65. The first kappa shape index (κ1) is 17.8. The first-order valence-electron chi connectivity index (χ1n) is 9.01. The highest BCUT2D eigenvalue weighted by Crippen LogP contribution is 2.40. The highest BCUT2D eigenvalue weighted by Gasteiger charge is 2.36. The predicted molar refractivity (Wildman–Crippen MR) is 99.1 cm³/mol. The molecule has 2 heterocycles. The fourth-order valence-electron chi connectivity index (χ4n) is 3.58. The highest BCUT2D eigenvalue weighted by molar-refractivity contribution is 7.89. The van der Waals surface area contributed by atoms with Crippen LogP contribution in [0.25, 0.3) is 0 Å². The summed E-state index contributed by atoms with van der Waals surface area (Å²) >= 11 is 0. The lowest BCUT2D eigenvalue weighted by atomic mass is 10.0. The van der Waals surface area contributed by atoms with Gasteiger partial charge in [-0.3, -0.25) is 0 Å². The first-order chi connectivity index (χ1) is 13.1. The van der Waals surface area contributed by atoms with Crippen LogP contribution in [0.1, 0.15) is 36.4 Å². The van der Waals surface area contributed by atoms with E-state index in [1.54, 1.807) is 4.31 Å². The van der Waals surface area contributed by atoms with Gasteiger partial charge in [0.1, 0.15) is 0 Å². The van der Waals surface area contributed by atoms with Crippen molar-refractivity contribution in [2.45, 2.75) is 30.2 Å². The van der Waals surface area contributed by atoms with Crippen LogP contribution in [-0.2, 0) is 10.0 Å². The van der Waals surface area contributed by atoms with E-state index in [1.165, 1.54) is 24.3 Å². The summed E-state index contributed by atoms with van der Waals surface area (Å²) < 4.78 is 39.3. The standard InChI is InChI=1S/C20H20N2O4S/c21-14-15-4-7-17(8-5-15)27(23,24)22-10-1-3-18(22)16-6-9-19-20(13-16)26-12-2-11-25-19/h4-9,13,18H,1-3,10-12H2/t18-/m1/s1. The molecule has 0 unspecified atom stereocenters. The number of benzene rings is 2. The molecule has 0 bridgehead atoms. The first-order valence-corrected chi connectivity index (χ1v) is 10.5. The lowest BCUT2D eigenvalue weighted by Crippen LogP contribution is -2.30. The van der Waals surface area contributed by atoms with Crippen LogP contribution in [0.15, 0.2) is 47.4 Å². The van der Waals surface area contributed by atoms with Crippen molar-refractivity contribution in [1.82, 2.24) is 4.31 Å². The minimum atomic E-state index is -3.64. The molecule has 1 fully saturated rings. The van der Waals surface area contributed by atoms with Crippen molar-refractivity contribution in [1.29, 1.82) is 5.26 Å². The molecule has 2 aromatic rings. The summed E-state index contributed by atoms with van der Waals surface area (Å²) in [6.07, 6.45) is 2.39. The maximum Gasteiger partial charge on any atom is 0.243 e. The zero-order valence-corrected chi connectivity index (χ0v) is 15.6. The van der Waals surface area contributed by atoms with Gasteiger partial charge in [-0.1, -0.05) is 6.07 Å².